The van der Waals surface area contributed by atoms with Gasteiger partial charge in [0.1, 0.15) is 0 Å². The van der Waals surface area contributed by atoms with Crippen molar-refractivity contribution >= 4 is 11.9 Å². The minimum absolute atomic E-state index is 0.00708. The zero-order chi connectivity index (χ0) is 55.0. The van der Waals surface area contributed by atoms with E-state index >= 15 is 0 Å². The van der Waals surface area contributed by atoms with Gasteiger partial charge >= 0.3 is 5.97 Å². The van der Waals surface area contributed by atoms with Crippen molar-refractivity contribution in [2.75, 3.05) is 13.2 Å². The Balaban J connectivity index is 3.37. The van der Waals surface area contributed by atoms with E-state index in [9.17, 15) is 19.8 Å². The summed E-state index contributed by atoms with van der Waals surface area (Å²) in [5.74, 6) is -0.0591. The Labute approximate surface area is 474 Å². The second-order valence-electron chi connectivity index (χ2n) is 23.1. The summed E-state index contributed by atoms with van der Waals surface area (Å²) in [6.45, 7) is 4.89. The molecule has 0 heterocycles. The van der Waals surface area contributed by atoms with Crippen LogP contribution in [-0.4, -0.2) is 47.4 Å². The van der Waals surface area contributed by atoms with Gasteiger partial charge in [-0.3, -0.25) is 9.59 Å². The molecule has 1 amide bonds. The van der Waals surface area contributed by atoms with Crippen molar-refractivity contribution in [3.8, 4) is 0 Å². The zero-order valence-corrected chi connectivity index (χ0v) is 51.0. The summed E-state index contributed by atoms with van der Waals surface area (Å²) in [7, 11) is 0. The van der Waals surface area contributed by atoms with Crippen molar-refractivity contribution in [3.05, 3.63) is 48.6 Å². The Morgan fingerprint density at radius 3 is 1.03 bits per heavy atom. The molecule has 3 N–H and O–H groups in total. The first-order chi connectivity index (χ1) is 37.5. The third-order valence-electron chi connectivity index (χ3n) is 15.6. The summed E-state index contributed by atoms with van der Waals surface area (Å²) in [5, 5.41) is 23.0. The number of esters is 1. The average molecular weight is 1070 g/mol. The van der Waals surface area contributed by atoms with Gasteiger partial charge in [-0.2, -0.15) is 0 Å². The minimum atomic E-state index is -0.841. The van der Waals surface area contributed by atoms with Gasteiger partial charge in [0.25, 0.3) is 0 Å². The number of ether oxygens (including phenoxy) is 1. The Hall–Kier alpha value is -2.18. The number of hydrogen-bond acceptors (Lipinski definition) is 5. The van der Waals surface area contributed by atoms with Crippen LogP contribution < -0.4 is 5.32 Å². The van der Waals surface area contributed by atoms with Gasteiger partial charge < -0.3 is 20.3 Å². The third-order valence-corrected chi connectivity index (χ3v) is 15.6. The quantitative estimate of drug-likeness (QED) is 0.0320. The molecule has 0 fully saturated rings. The largest absolute Gasteiger partial charge is 0.466 e. The fourth-order valence-corrected chi connectivity index (χ4v) is 10.4. The van der Waals surface area contributed by atoms with Gasteiger partial charge in [0, 0.05) is 12.8 Å². The van der Waals surface area contributed by atoms with Crippen LogP contribution in [0.1, 0.15) is 361 Å². The van der Waals surface area contributed by atoms with E-state index in [2.05, 4.69) is 55.6 Å². The van der Waals surface area contributed by atoms with E-state index in [-0.39, 0.29) is 18.5 Å². The molecular weight excluding hydrogens is 935 g/mol. The van der Waals surface area contributed by atoms with Crippen molar-refractivity contribution in [1.29, 1.82) is 0 Å². The normalized spacial score (nSPS) is 12.8. The summed E-state index contributed by atoms with van der Waals surface area (Å²) in [5.41, 5.74) is 0. The Morgan fingerprint density at radius 2 is 0.658 bits per heavy atom. The summed E-state index contributed by atoms with van der Waals surface area (Å²) >= 11 is 0. The molecule has 76 heavy (non-hydrogen) atoms. The number of aliphatic hydroxyl groups excluding tert-OH is 2. The van der Waals surface area contributed by atoms with Gasteiger partial charge in [-0.15, -0.1) is 0 Å². The van der Waals surface area contributed by atoms with E-state index in [4.69, 9.17) is 4.74 Å². The topological polar surface area (TPSA) is 95.9 Å². The fourth-order valence-electron chi connectivity index (χ4n) is 10.4. The van der Waals surface area contributed by atoms with E-state index in [1.54, 1.807) is 6.08 Å². The Morgan fingerprint density at radius 1 is 0.368 bits per heavy atom. The van der Waals surface area contributed by atoms with E-state index in [1.807, 2.05) is 6.08 Å². The van der Waals surface area contributed by atoms with Gasteiger partial charge in [-0.05, 0) is 89.9 Å². The second kappa shape index (κ2) is 65.3. The lowest BCUT2D eigenvalue weighted by Crippen LogP contribution is -2.45. The molecule has 6 heteroatoms. The molecule has 0 saturated heterocycles. The molecule has 0 aliphatic heterocycles. The van der Waals surface area contributed by atoms with Crippen LogP contribution in [-0.2, 0) is 14.3 Å². The lowest BCUT2D eigenvalue weighted by molar-refractivity contribution is -0.143. The van der Waals surface area contributed by atoms with Crippen LogP contribution in [0.25, 0.3) is 0 Å². The maximum Gasteiger partial charge on any atom is 0.305 e. The number of aliphatic hydroxyl groups is 2. The molecule has 6 nitrogen and oxygen atoms in total. The number of hydrogen-bond donors (Lipinski definition) is 3. The van der Waals surface area contributed by atoms with Crippen LogP contribution in [0.5, 0.6) is 0 Å². The molecule has 0 aliphatic carbocycles. The highest BCUT2D eigenvalue weighted by Gasteiger charge is 2.18. The van der Waals surface area contributed by atoms with Crippen molar-refractivity contribution in [2.45, 2.75) is 373 Å². The Kier molecular flexibility index (Phi) is 63.5. The number of allylic oxidation sites excluding steroid dienone is 7. The zero-order valence-electron chi connectivity index (χ0n) is 51.0. The maximum atomic E-state index is 12.4. The molecule has 0 bridgehead atoms. The van der Waals surface area contributed by atoms with Crippen LogP contribution in [0, 0.1) is 0 Å². The smallest absolute Gasteiger partial charge is 0.305 e. The molecule has 2 unspecified atom stereocenters. The molecular formula is C70H131NO5. The predicted octanol–water partition coefficient (Wildman–Crippen LogP) is 21.7. The van der Waals surface area contributed by atoms with E-state index < -0.39 is 12.1 Å². The molecule has 0 aliphatic rings. The van der Waals surface area contributed by atoms with Gasteiger partial charge in [0.2, 0.25) is 5.91 Å². The van der Waals surface area contributed by atoms with Crippen LogP contribution in [0.2, 0.25) is 0 Å². The number of carbonyl (C=O) groups excluding carboxylic acids is 2. The second-order valence-corrected chi connectivity index (χ2v) is 23.1. The van der Waals surface area contributed by atoms with Crippen LogP contribution >= 0.6 is 0 Å². The Bertz CT molecular complexity index is 1270. The van der Waals surface area contributed by atoms with Gasteiger partial charge in [0.05, 0.1) is 25.4 Å². The molecule has 0 aromatic heterocycles. The van der Waals surface area contributed by atoms with Crippen molar-refractivity contribution in [3.63, 3.8) is 0 Å². The molecule has 0 aromatic rings. The molecule has 0 aromatic carbocycles. The molecule has 2 atom stereocenters. The van der Waals surface area contributed by atoms with Crippen molar-refractivity contribution in [2.24, 2.45) is 0 Å². The first kappa shape index (κ1) is 73.8. The fraction of sp³-hybridized carbons (Fsp3) is 0.857. The third kappa shape index (κ3) is 61.0. The highest BCUT2D eigenvalue weighted by Crippen LogP contribution is 2.17. The number of unbranched alkanes of at least 4 members (excludes halogenated alkanes) is 46. The van der Waals surface area contributed by atoms with E-state index in [0.717, 1.165) is 51.4 Å². The van der Waals surface area contributed by atoms with Gasteiger partial charge in [-0.25, -0.2) is 0 Å². The lowest BCUT2D eigenvalue weighted by Gasteiger charge is -2.20. The minimum Gasteiger partial charge on any atom is -0.466 e. The van der Waals surface area contributed by atoms with Crippen molar-refractivity contribution < 1.29 is 24.5 Å². The molecule has 0 saturated carbocycles. The monoisotopic (exact) mass is 1070 g/mol. The average Bonchev–Trinajstić information content (AvgIpc) is 3.42. The number of carbonyl (C=O) groups is 2. The van der Waals surface area contributed by atoms with Gasteiger partial charge in [-0.1, -0.05) is 306 Å². The molecule has 0 rings (SSSR count). The summed E-state index contributed by atoms with van der Waals surface area (Å²) in [4.78, 5) is 24.5. The standard InChI is InChI=1S/C70H131NO5/c1-3-5-7-9-11-13-15-39-44-48-52-56-60-64-70(75)76-65-61-57-53-49-45-41-38-36-34-32-30-28-26-24-22-20-18-16-17-19-21-23-25-27-29-31-33-35-37-40-43-47-51-55-59-63-69(74)71-67(66-72)68(73)62-58-54-50-46-42-14-12-10-8-6-4-2/h13,15,18,20,24,26,58,62,67-68,72-73H,3-12,14,16-17,19,21-23,25,27-57,59-61,63-66H2,1-2H3,(H,71,74)/b15-13-,20-18-,26-24-,62-58+. The van der Waals surface area contributed by atoms with Gasteiger partial charge in [0.15, 0.2) is 0 Å². The van der Waals surface area contributed by atoms with Crippen LogP contribution in [0.15, 0.2) is 48.6 Å². The first-order valence-electron chi connectivity index (χ1n) is 33.9. The molecule has 0 spiro atoms. The number of amides is 1. The van der Waals surface area contributed by atoms with Crippen LogP contribution in [0.3, 0.4) is 0 Å². The summed E-state index contributed by atoms with van der Waals surface area (Å²) in [6, 6.07) is -0.625. The SMILES string of the molecule is CCCCCC/C=C\CCCCCCCC(=O)OCCCCCCCCCCCCC/C=C\C/C=C\CCCCCCCCCCCCCCCCCCCC(=O)NC(CO)C(O)/C=C/CCCCCCCCCCC. The van der Waals surface area contributed by atoms with Crippen LogP contribution in [0.4, 0.5) is 0 Å². The summed E-state index contributed by atoms with van der Waals surface area (Å²) in [6.07, 6.45) is 84.8. The maximum absolute atomic E-state index is 12.4. The summed E-state index contributed by atoms with van der Waals surface area (Å²) < 4.78 is 5.48. The lowest BCUT2D eigenvalue weighted by atomic mass is 10.0. The molecule has 446 valence electrons. The predicted molar refractivity (Wildman–Crippen MR) is 333 cm³/mol. The first-order valence-corrected chi connectivity index (χ1v) is 33.9. The van der Waals surface area contributed by atoms with E-state index in [0.29, 0.717) is 19.4 Å². The highest BCUT2D eigenvalue weighted by molar-refractivity contribution is 5.76. The van der Waals surface area contributed by atoms with E-state index in [1.165, 1.54) is 283 Å². The van der Waals surface area contributed by atoms with Crippen molar-refractivity contribution in [1.82, 2.24) is 5.32 Å². The number of nitrogens with one attached hydrogen (secondary N) is 1. The number of rotatable bonds is 63. The molecule has 0 radical (unpaired) electrons. The highest BCUT2D eigenvalue weighted by atomic mass is 16.5.